The smallest absolute Gasteiger partial charge is 0.179 e. The Bertz CT molecular complexity index is 622. The van der Waals surface area contributed by atoms with Gasteiger partial charge in [-0.3, -0.25) is 0 Å². The molecule has 124 valence electrons. The molecule has 0 amide bonds. The largest absolute Gasteiger partial charge is 0.377 e. The normalized spacial score (nSPS) is 19.0. The van der Waals surface area contributed by atoms with E-state index in [0.717, 1.165) is 30.0 Å². The highest BCUT2D eigenvalue weighted by Crippen LogP contribution is 2.43. The minimum atomic E-state index is -1.07. The molecule has 2 aromatic rings. The van der Waals surface area contributed by atoms with Gasteiger partial charge in [-0.1, -0.05) is 49.6 Å². The topological polar surface area (TPSA) is 49.2 Å². The van der Waals surface area contributed by atoms with Crippen molar-refractivity contribution in [3.63, 3.8) is 0 Å². The van der Waals surface area contributed by atoms with Crippen molar-refractivity contribution in [2.45, 2.75) is 44.2 Å². The molecule has 0 aliphatic heterocycles. The van der Waals surface area contributed by atoms with Crippen molar-refractivity contribution in [2.24, 2.45) is 5.92 Å². The Morgan fingerprint density at radius 2 is 1.87 bits per heavy atom. The zero-order chi connectivity index (χ0) is 16.3. The van der Waals surface area contributed by atoms with E-state index in [2.05, 4.69) is 14.3 Å². The Kier molecular flexibility index (Phi) is 5.09. The van der Waals surface area contributed by atoms with Crippen LogP contribution < -0.4 is 0 Å². The van der Waals surface area contributed by atoms with Gasteiger partial charge >= 0.3 is 0 Å². The summed E-state index contributed by atoms with van der Waals surface area (Å²) in [4.78, 5) is 6.77. The molecule has 0 bridgehead atoms. The lowest BCUT2D eigenvalue weighted by atomic mass is 9.73. The Labute approximate surface area is 142 Å². The molecule has 1 aliphatic rings. The zero-order valence-corrected chi connectivity index (χ0v) is 14.7. The fourth-order valence-electron chi connectivity index (χ4n) is 3.50. The second kappa shape index (κ2) is 7.07. The van der Waals surface area contributed by atoms with Gasteiger partial charge < -0.3 is 10.0 Å². The molecule has 1 aromatic carbocycles. The van der Waals surface area contributed by atoms with E-state index in [9.17, 15) is 5.11 Å². The first kappa shape index (κ1) is 16.6. The second-order valence-electron chi connectivity index (χ2n) is 6.72. The van der Waals surface area contributed by atoms with E-state index in [4.69, 9.17) is 0 Å². The summed E-state index contributed by atoms with van der Waals surface area (Å²) in [5.41, 5.74) is -0.149. The van der Waals surface area contributed by atoms with Gasteiger partial charge in [-0.2, -0.15) is 4.37 Å². The lowest BCUT2D eigenvalue weighted by Gasteiger charge is -2.37. The first-order valence-electron chi connectivity index (χ1n) is 8.36. The Morgan fingerprint density at radius 3 is 2.52 bits per heavy atom. The highest BCUT2D eigenvalue weighted by Gasteiger charge is 2.43. The van der Waals surface area contributed by atoms with Gasteiger partial charge in [0.25, 0.3) is 0 Å². The first-order valence-corrected chi connectivity index (χ1v) is 9.13. The number of hydrogen-bond acceptors (Lipinski definition) is 5. The molecule has 5 heteroatoms. The molecule has 1 fully saturated rings. The van der Waals surface area contributed by atoms with Crippen molar-refractivity contribution in [3.8, 4) is 0 Å². The van der Waals surface area contributed by atoms with Gasteiger partial charge in [0.15, 0.2) is 11.4 Å². The molecule has 1 heterocycles. The van der Waals surface area contributed by atoms with Crippen LogP contribution in [0, 0.1) is 5.92 Å². The van der Waals surface area contributed by atoms with Crippen molar-refractivity contribution >= 4 is 11.5 Å². The average molecular weight is 331 g/mol. The molecule has 1 N–H and O–H groups in total. The predicted molar refractivity (Wildman–Crippen MR) is 93.3 cm³/mol. The third kappa shape index (κ3) is 3.47. The van der Waals surface area contributed by atoms with Crippen LogP contribution in [0.4, 0.5) is 0 Å². The fourth-order valence-corrected chi connectivity index (χ4v) is 4.32. The zero-order valence-electron chi connectivity index (χ0n) is 13.9. The Balaban J connectivity index is 1.99. The van der Waals surface area contributed by atoms with Crippen LogP contribution in [0.25, 0.3) is 0 Å². The van der Waals surface area contributed by atoms with Gasteiger partial charge in [0, 0.05) is 0 Å². The average Bonchev–Trinajstić information content (AvgIpc) is 3.04. The minimum Gasteiger partial charge on any atom is -0.377 e. The molecule has 23 heavy (non-hydrogen) atoms. The number of aliphatic hydroxyl groups is 1. The lowest BCUT2D eigenvalue weighted by Crippen LogP contribution is -2.38. The van der Waals surface area contributed by atoms with Crippen LogP contribution in [-0.2, 0) is 12.1 Å². The van der Waals surface area contributed by atoms with E-state index in [1.54, 1.807) is 0 Å². The third-order valence-corrected chi connectivity index (χ3v) is 5.37. The molecular weight excluding hydrogens is 306 g/mol. The van der Waals surface area contributed by atoms with Crippen molar-refractivity contribution < 1.29 is 5.11 Å². The standard InChI is InChI=1S/C18H25N3OS/c1-21(2)13-16-19-17(20-23-16)18(22,14-9-5-3-6-10-14)15-11-7-4-8-12-15/h3,5-6,9-10,15,22H,4,7-8,11-13H2,1-2H3. The quantitative estimate of drug-likeness (QED) is 0.912. The molecule has 0 radical (unpaired) electrons. The fraction of sp³-hybridized carbons (Fsp3) is 0.556. The highest BCUT2D eigenvalue weighted by molar-refractivity contribution is 7.05. The first-order chi connectivity index (χ1) is 11.1. The maximum Gasteiger partial charge on any atom is 0.179 e. The van der Waals surface area contributed by atoms with Crippen molar-refractivity contribution in [1.82, 2.24) is 14.3 Å². The van der Waals surface area contributed by atoms with Crippen LogP contribution in [0.1, 0.15) is 48.5 Å². The molecule has 0 spiro atoms. The summed E-state index contributed by atoms with van der Waals surface area (Å²) in [7, 11) is 4.04. The lowest BCUT2D eigenvalue weighted by molar-refractivity contribution is -0.00759. The molecule has 1 unspecified atom stereocenters. The maximum atomic E-state index is 11.7. The summed E-state index contributed by atoms with van der Waals surface area (Å²) < 4.78 is 4.55. The van der Waals surface area contributed by atoms with Crippen molar-refractivity contribution in [3.05, 3.63) is 46.7 Å². The summed E-state index contributed by atoms with van der Waals surface area (Å²) in [6, 6.07) is 9.95. The van der Waals surface area contributed by atoms with Crippen LogP contribution in [0.5, 0.6) is 0 Å². The second-order valence-corrected chi connectivity index (χ2v) is 7.55. The van der Waals surface area contributed by atoms with Crippen LogP contribution >= 0.6 is 11.5 Å². The number of aromatic nitrogens is 2. The van der Waals surface area contributed by atoms with Crippen molar-refractivity contribution in [1.29, 1.82) is 0 Å². The predicted octanol–water partition coefficient (Wildman–Crippen LogP) is 3.42. The van der Waals surface area contributed by atoms with Gasteiger partial charge in [-0.15, -0.1) is 0 Å². The van der Waals surface area contributed by atoms with Crippen LogP contribution in [0.3, 0.4) is 0 Å². The molecule has 3 rings (SSSR count). The van der Waals surface area contributed by atoms with Crippen LogP contribution in [0.15, 0.2) is 30.3 Å². The van der Waals surface area contributed by atoms with E-state index in [-0.39, 0.29) is 5.92 Å². The molecule has 1 aromatic heterocycles. The molecule has 1 aliphatic carbocycles. The van der Waals surface area contributed by atoms with Crippen LogP contribution in [-0.4, -0.2) is 33.5 Å². The molecule has 1 atom stereocenters. The number of nitrogens with zero attached hydrogens (tertiary/aromatic N) is 3. The van der Waals surface area contributed by atoms with E-state index in [0.29, 0.717) is 5.82 Å². The molecular formula is C18H25N3OS. The van der Waals surface area contributed by atoms with Crippen molar-refractivity contribution in [2.75, 3.05) is 14.1 Å². The van der Waals surface area contributed by atoms with Gasteiger partial charge in [0.05, 0.1) is 6.54 Å². The molecule has 0 saturated heterocycles. The maximum absolute atomic E-state index is 11.7. The van der Waals surface area contributed by atoms with Gasteiger partial charge in [-0.05, 0) is 50.0 Å². The molecule has 4 nitrogen and oxygen atoms in total. The van der Waals surface area contributed by atoms with Crippen LogP contribution in [0.2, 0.25) is 0 Å². The summed E-state index contributed by atoms with van der Waals surface area (Å²) in [6.45, 7) is 0.757. The minimum absolute atomic E-state index is 0.195. The number of rotatable bonds is 5. The summed E-state index contributed by atoms with van der Waals surface area (Å²) in [6.07, 6.45) is 5.68. The van der Waals surface area contributed by atoms with Gasteiger partial charge in [0.2, 0.25) is 0 Å². The van der Waals surface area contributed by atoms with Gasteiger partial charge in [0.1, 0.15) is 5.01 Å². The van der Waals surface area contributed by atoms with E-state index < -0.39 is 5.60 Å². The summed E-state index contributed by atoms with van der Waals surface area (Å²) in [5.74, 6) is 0.776. The Morgan fingerprint density at radius 1 is 1.17 bits per heavy atom. The Hall–Kier alpha value is -1.30. The van der Waals surface area contributed by atoms with E-state index >= 15 is 0 Å². The highest BCUT2D eigenvalue weighted by atomic mass is 32.1. The summed E-state index contributed by atoms with van der Waals surface area (Å²) in [5, 5.41) is 12.6. The van der Waals surface area contributed by atoms with E-state index in [1.165, 1.54) is 30.8 Å². The summed E-state index contributed by atoms with van der Waals surface area (Å²) >= 11 is 1.40. The number of hydrogen-bond donors (Lipinski definition) is 1. The van der Waals surface area contributed by atoms with Gasteiger partial charge in [-0.25, -0.2) is 4.98 Å². The monoisotopic (exact) mass is 331 g/mol. The number of benzene rings is 1. The third-order valence-electron chi connectivity index (χ3n) is 4.67. The molecule has 1 saturated carbocycles. The van der Waals surface area contributed by atoms with E-state index in [1.807, 2.05) is 44.4 Å². The SMILES string of the molecule is CN(C)Cc1nc(C(O)(c2ccccc2)C2CCCCC2)ns1.